The average molecular weight is 306 g/mol. The molecule has 0 unspecified atom stereocenters. The van der Waals surface area contributed by atoms with Gasteiger partial charge in [0.25, 0.3) is 0 Å². The van der Waals surface area contributed by atoms with E-state index in [-0.39, 0.29) is 5.82 Å². The van der Waals surface area contributed by atoms with Gasteiger partial charge in [0.1, 0.15) is 17.3 Å². The van der Waals surface area contributed by atoms with Crippen LogP contribution in [0.4, 0.5) is 4.39 Å². The summed E-state index contributed by atoms with van der Waals surface area (Å²) < 4.78 is 19.0. The molecule has 0 spiro atoms. The molecular formula is C17H17ClFNO. The van der Waals surface area contributed by atoms with Crippen LogP contribution in [0, 0.1) is 12.7 Å². The van der Waals surface area contributed by atoms with Gasteiger partial charge in [-0.1, -0.05) is 23.7 Å². The fourth-order valence-corrected chi connectivity index (χ4v) is 2.32. The topological polar surface area (TPSA) is 21.3 Å². The highest BCUT2D eigenvalue weighted by Crippen LogP contribution is 2.29. The van der Waals surface area contributed by atoms with Crippen molar-refractivity contribution in [2.45, 2.75) is 32.4 Å². The molecule has 1 N–H and O–H groups in total. The first-order valence-electron chi connectivity index (χ1n) is 7.07. The summed E-state index contributed by atoms with van der Waals surface area (Å²) in [6, 6.07) is 10.7. The largest absolute Gasteiger partial charge is 0.457 e. The van der Waals surface area contributed by atoms with Crippen LogP contribution in [0.5, 0.6) is 11.5 Å². The van der Waals surface area contributed by atoms with Gasteiger partial charge in [-0.25, -0.2) is 4.39 Å². The summed E-state index contributed by atoms with van der Waals surface area (Å²) in [5.74, 6) is 0.811. The number of hydrogen-bond acceptors (Lipinski definition) is 2. The molecule has 2 nitrogen and oxygen atoms in total. The first-order chi connectivity index (χ1) is 10.1. The van der Waals surface area contributed by atoms with Crippen LogP contribution in [0.25, 0.3) is 0 Å². The quantitative estimate of drug-likeness (QED) is 0.854. The number of hydrogen-bond donors (Lipinski definition) is 1. The van der Waals surface area contributed by atoms with Crippen molar-refractivity contribution >= 4 is 11.6 Å². The predicted molar refractivity (Wildman–Crippen MR) is 82.5 cm³/mol. The molecule has 0 heterocycles. The zero-order chi connectivity index (χ0) is 14.8. The summed E-state index contributed by atoms with van der Waals surface area (Å²) in [5.41, 5.74) is 1.93. The Morgan fingerprint density at radius 3 is 2.76 bits per heavy atom. The molecule has 110 valence electrons. The van der Waals surface area contributed by atoms with E-state index in [0.29, 0.717) is 22.6 Å². The standard InChI is InChI=1S/C17H17ClFNO/c1-11-2-4-13(19)8-17(11)21-15-7-3-12(16(18)9-15)10-20-14-5-6-14/h2-4,7-9,14,20H,5-6,10H2,1H3. The van der Waals surface area contributed by atoms with Gasteiger partial charge in [0, 0.05) is 23.7 Å². The molecule has 0 saturated heterocycles. The smallest absolute Gasteiger partial charge is 0.133 e. The van der Waals surface area contributed by atoms with E-state index in [1.807, 2.05) is 19.1 Å². The Labute approximate surface area is 128 Å². The molecule has 2 aromatic carbocycles. The minimum atomic E-state index is -0.313. The van der Waals surface area contributed by atoms with Gasteiger partial charge in [-0.15, -0.1) is 0 Å². The van der Waals surface area contributed by atoms with Crippen LogP contribution in [0.15, 0.2) is 36.4 Å². The number of halogens is 2. The Morgan fingerprint density at radius 2 is 2.05 bits per heavy atom. The van der Waals surface area contributed by atoms with Crippen molar-refractivity contribution in [2.75, 3.05) is 0 Å². The van der Waals surface area contributed by atoms with E-state index >= 15 is 0 Å². The molecule has 1 aliphatic carbocycles. The average Bonchev–Trinajstić information content (AvgIpc) is 3.26. The Hall–Kier alpha value is -1.58. The maximum atomic E-state index is 13.3. The van der Waals surface area contributed by atoms with Crippen LogP contribution in [0.1, 0.15) is 24.0 Å². The summed E-state index contributed by atoms with van der Waals surface area (Å²) in [7, 11) is 0. The van der Waals surface area contributed by atoms with Gasteiger partial charge in [0.05, 0.1) is 0 Å². The minimum absolute atomic E-state index is 0.313. The monoisotopic (exact) mass is 305 g/mol. The lowest BCUT2D eigenvalue weighted by Gasteiger charge is -2.11. The first-order valence-corrected chi connectivity index (χ1v) is 7.45. The Kier molecular flexibility index (Phi) is 4.13. The molecule has 21 heavy (non-hydrogen) atoms. The molecule has 0 atom stereocenters. The Morgan fingerprint density at radius 1 is 1.24 bits per heavy atom. The van der Waals surface area contributed by atoms with Crippen molar-refractivity contribution in [1.82, 2.24) is 5.32 Å². The lowest BCUT2D eigenvalue weighted by atomic mass is 10.2. The van der Waals surface area contributed by atoms with Gasteiger partial charge in [0.2, 0.25) is 0 Å². The van der Waals surface area contributed by atoms with Gasteiger partial charge in [-0.3, -0.25) is 0 Å². The normalized spacial score (nSPS) is 14.2. The van der Waals surface area contributed by atoms with Gasteiger partial charge >= 0.3 is 0 Å². The predicted octanol–water partition coefficient (Wildman–Crippen LogP) is 4.83. The number of rotatable bonds is 5. The van der Waals surface area contributed by atoms with E-state index in [9.17, 15) is 4.39 Å². The van der Waals surface area contributed by atoms with Gasteiger partial charge < -0.3 is 10.1 Å². The van der Waals surface area contributed by atoms with Crippen molar-refractivity contribution in [3.63, 3.8) is 0 Å². The summed E-state index contributed by atoms with van der Waals surface area (Å²) in [6.07, 6.45) is 2.50. The Bertz CT molecular complexity index is 655. The molecule has 2 aromatic rings. The second-order valence-electron chi connectivity index (χ2n) is 5.42. The van der Waals surface area contributed by atoms with E-state index in [0.717, 1.165) is 17.7 Å². The molecular weight excluding hydrogens is 289 g/mol. The maximum absolute atomic E-state index is 13.3. The van der Waals surface area contributed by atoms with Crippen LogP contribution in [-0.2, 0) is 6.54 Å². The Balaban J connectivity index is 1.73. The lowest BCUT2D eigenvalue weighted by molar-refractivity contribution is 0.472. The van der Waals surface area contributed by atoms with Crippen LogP contribution in [0.2, 0.25) is 5.02 Å². The zero-order valence-electron chi connectivity index (χ0n) is 11.8. The van der Waals surface area contributed by atoms with Crippen LogP contribution in [-0.4, -0.2) is 6.04 Å². The van der Waals surface area contributed by atoms with Gasteiger partial charge in [-0.2, -0.15) is 0 Å². The highest BCUT2D eigenvalue weighted by Gasteiger charge is 2.20. The number of ether oxygens (including phenoxy) is 1. The third-order valence-electron chi connectivity index (χ3n) is 3.56. The van der Waals surface area contributed by atoms with Crippen molar-refractivity contribution in [3.8, 4) is 11.5 Å². The van der Waals surface area contributed by atoms with Gasteiger partial charge in [-0.05, 0) is 49.1 Å². The van der Waals surface area contributed by atoms with Crippen LogP contribution >= 0.6 is 11.6 Å². The van der Waals surface area contributed by atoms with E-state index in [4.69, 9.17) is 16.3 Å². The second kappa shape index (κ2) is 6.04. The summed E-state index contributed by atoms with van der Waals surface area (Å²) in [4.78, 5) is 0. The van der Waals surface area contributed by atoms with E-state index in [1.165, 1.54) is 25.0 Å². The van der Waals surface area contributed by atoms with E-state index in [1.54, 1.807) is 12.1 Å². The van der Waals surface area contributed by atoms with E-state index < -0.39 is 0 Å². The fraction of sp³-hybridized carbons (Fsp3) is 0.294. The van der Waals surface area contributed by atoms with Crippen molar-refractivity contribution < 1.29 is 9.13 Å². The van der Waals surface area contributed by atoms with Crippen LogP contribution in [0.3, 0.4) is 0 Å². The highest BCUT2D eigenvalue weighted by atomic mass is 35.5. The molecule has 1 fully saturated rings. The molecule has 4 heteroatoms. The summed E-state index contributed by atoms with van der Waals surface area (Å²) in [5, 5.41) is 4.09. The fourth-order valence-electron chi connectivity index (χ4n) is 2.09. The maximum Gasteiger partial charge on any atom is 0.133 e. The van der Waals surface area contributed by atoms with Crippen LogP contribution < -0.4 is 10.1 Å². The van der Waals surface area contributed by atoms with Crippen molar-refractivity contribution in [2.24, 2.45) is 0 Å². The van der Waals surface area contributed by atoms with Crippen molar-refractivity contribution in [1.29, 1.82) is 0 Å². The minimum Gasteiger partial charge on any atom is -0.457 e. The van der Waals surface area contributed by atoms with E-state index in [2.05, 4.69) is 5.32 Å². The van der Waals surface area contributed by atoms with Crippen molar-refractivity contribution in [3.05, 3.63) is 58.4 Å². The molecule has 0 amide bonds. The molecule has 0 aliphatic heterocycles. The molecule has 3 rings (SSSR count). The zero-order valence-corrected chi connectivity index (χ0v) is 12.6. The summed E-state index contributed by atoms with van der Waals surface area (Å²) >= 11 is 6.28. The number of benzene rings is 2. The molecule has 0 aromatic heterocycles. The first kappa shape index (κ1) is 14.4. The number of aryl methyl sites for hydroxylation is 1. The lowest BCUT2D eigenvalue weighted by Crippen LogP contribution is -2.15. The molecule has 1 saturated carbocycles. The third-order valence-corrected chi connectivity index (χ3v) is 3.91. The molecule has 0 radical (unpaired) electrons. The van der Waals surface area contributed by atoms with Gasteiger partial charge in [0.15, 0.2) is 0 Å². The number of nitrogens with one attached hydrogen (secondary N) is 1. The summed E-state index contributed by atoms with van der Waals surface area (Å²) in [6.45, 7) is 2.65. The third kappa shape index (κ3) is 3.74. The second-order valence-corrected chi connectivity index (χ2v) is 5.83. The SMILES string of the molecule is Cc1ccc(F)cc1Oc1ccc(CNC2CC2)c(Cl)c1. The highest BCUT2D eigenvalue weighted by molar-refractivity contribution is 6.31. The molecule has 0 bridgehead atoms. The molecule has 1 aliphatic rings.